The van der Waals surface area contributed by atoms with Crippen LogP contribution in [0.3, 0.4) is 0 Å². The van der Waals surface area contributed by atoms with Gasteiger partial charge in [0.05, 0.1) is 27.1 Å². The number of rotatable bonds is 1. The van der Waals surface area contributed by atoms with E-state index in [1.54, 1.807) is 10.7 Å². The van der Waals surface area contributed by atoms with E-state index in [9.17, 15) is 4.39 Å². The highest BCUT2D eigenvalue weighted by Gasteiger charge is 2.21. The minimum atomic E-state index is -0.527. The van der Waals surface area contributed by atoms with Gasteiger partial charge in [-0.05, 0) is 25.3 Å². The normalized spacial score (nSPS) is 20.5. The molecule has 96 valence electrons. The second-order valence-corrected chi connectivity index (χ2v) is 5.11. The number of fused-ring (bicyclic) bond motifs is 1. The smallest absolute Gasteiger partial charge is 0.154 e. The average Bonchev–Trinajstić information content (AvgIpc) is 2.81. The molecule has 0 radical (unpaired) electrons. The summed E-state index contributed by atoms with van der Waals surface area (Å²) in [6, 6.07) is 1.63. The van der Waals surface area contributed by atoms with Crippen molar-refractivity contribution < 1.29 is 9.13 Å². The first-order valence-corrected chi connectivity index (χ1v) is 6.56. The van der Waals surface area contributed by atoms with Crippen LogP contribution in [0.2, 0.25) is 10.0 Å². The van der Waals surface area contributed by atoms with E-state index in [0.29, 0.717) is 17.5 Å². The molecular formula is C12H11Cl2FN2O. The fourth-order valence-corrected chi connectivity index (χ4v) is 2.58. The molecule has 0 bridgehead atoms. The van der Waals surface area contributed by atoms with Gasteiger partial charge >= 0.3 is 0 Å². The standard InChI is InChI=1S/C12H11Cl2FN2O/c13-8-5-9-7(12(15)11(8)14)6-16-17(9)10-3-1-2-4-18-10/h5-6,10H,1-4H2. The van der Waals surface area contributed by atoms with Crippen molar-refractivity contribution in [1.82, 2.24) is 9.78 Å². The first kappa shape index (κ1) is 12.2. The van der Waals surface area contributed by atoms with Crippen LogP contribution in [0.5, 0.6) is 0 Å². The fraction of sp³-hybridized carbons (Fsp3) is 0.417. The van der Waals surface area contributed by atoms with E-state index in [1.807, 2.05) is 0 Å². The first-order valence-electron chi connectivity index (χ1n) is 5.81. The molecule has 3 rings (SSSR count). The zero-order valence-electron chi connectivity index (χ0n) is 9.50. The molecule has 1 fully saturated rings. The molecule has 2 aromatic rings. The van der Waals surface area contributed by atoms with Gasteiger partial charge in [-0.1, -0.05) is 23.2 Å². The molecule has 1 aromatic heterocycles. The van der Waals surface area contributed by atoms with Crippen molar-refractivity contribution >= 4 is 34.1 Å². The van der Waals surface area contributed by atoms with Crippen molar-refractivity contribution in [2.75, 3.05) is 6.61 Å². The molecule has 2 heterocycles. The van der Waals surface area contributed by atoms with Crippen LogP contribution in [-0.4, -0.2) is 16.4 Å². The number of aromatic nitrogens is 2. The topological polar surface area (TPSA) is 27.1 Å². The number of halogens is 3. The lowest BCUT2D eigenvalue weighted by Gasteiger charge is -2.23. The zero-order chi connectivity index (χ0) is 12.7. The lowest BCUT2D eigenvalue weighted by Crippen LogP contribution is -2.18. The highest BCUT2D eigenvalue weighted by molar-refractivity contribution is 6.42. The summed E-state index contributed by atoms with van der Waals surface area (Å²) in [5, 5.41) is 4.70. The van der Waals surface area contributed by atoms with E-state index >= 15 is 0 Å². The Bertz CT molecular complexity index is 593. The second kappa shape index (κ2) is 4.68. The lowest BCUT2D eigenvalue weighted by molar-refractivity contribution is -0.0366. The van der Waals surface area contributed by atoms with Gasteiger partial charge in [-0.25, -0.2) is 9.07 Å². The van der Waals surface area contributed by atoms with E-state index < -0.39 is 5.82 Å². The van der Waals surface area contributed by atoms with Crippen molar-refractivity contribution in [1.29, 1.82) is 0 Å². The summed E-state index contributed by atoms with van der Waals surface area (Å²) in [4.78, 5) is 0. The number of nitrogens with zero attached hydrogens (tertiary/aromatic N) is 2. The van der Waals surface area contributed by atoms with Gasteiger partial charge in [-0.15, -0.1) is 0 Å². The lowest BCUT2D eigenvalue weighted by atomic mass is 10.2. The van der Waals surface area contributed by atoms with E-state index in [2.05, 4.69) is 5.10 Å². The van der Waals surface area contributed by atoms with Crippen LogP contribution in [0, 0.1) is 5.82 Å². The molecule has 1 aromatic carbocycles. The molecule has 1 aliphatic heterocycles. The van der Waals surface area contributed by atoms with Gasteiger partial charge in [0, 0.05) is 6.61 Å². The largest absolute Gasteiger partial charge is 0.356 e. The number of hydrogen-bond donors (Lipinski definition) is 0. The SMILES string of the molecule is Fc1c(Cl)c(Cl)cc2c1cnn2C1CCCCO1. The summed E-state index contributed by atoms with van der Waals surface area (Å²) in [7, 11) is 0. The van der Waals surface area contributed by atoms with Crippen LogP contribution >= 0.6 is 23.2 Å². The predicted octanol–water partition coefficient (Wildman–Crippen LogP) is 4.18. The maximum absolute atomic E-state index is 13.9. The van der Waals surface area contributed by atoms with Crippen molar-refractivity contribution in [2.45, 2.75) is 25.5 Å². The highest BCUT2D eigenvalue weighted by Crippen LogP contribution is 2.34. The third-order valence-corrected chi connectivity index (χ3v) is 3.93. The van der Waals surface area contributed by atoms with E-state index in [4.69, 9.17) is 27.9 Å². The molecule has 0 spiro atoms. The van der Waals surface area contributed by atoms with E-state index in [0.717, 1.165) is 19.3 Å². The molecule has 1 atom stereocenters. The molecular weight excluding hydrogens is 278 g/mol. The zero-order valence-corrected chi connectivity index (χ0v) is 11.0. The molecule has 1 saturated heterocycles. The molecule has 0 aliphatic carbocycles. The summed E-state index contributed by atoms with van der Waals surface area (Å²) in [5.74, 6) is -0.527. The van der Waals surface area contributed by atoms with Crippen LogP contribution in [0.25, 0.3) is 10.9 Å². The van der Waals surface area contributed by atoms with Gasteiger partial charge in [-0.3, -0.25) is 0 Å². The van der Waals surface area contributed by atoms with Crippen molar-refractivity contribution in [2.24, 2.45) is 0 Å². The number of hydrogen-bond acceptors (Lipinski definition) is 2. The third kappa shape index (κ3) is 1.88. The number of ether oxygens (including phenoxy) is 1. The highest BCUT2D eigenvalue weighted by atomic mass is 35.5. The fourth-order valence-electron chi connectivity index (χ4n) is 2.24. The Morgan fingerprint density at radius 1 is 1.39 bits per heavy atom. The maximum Gasteiger partial charge on any atom is 0.154 e. The summed E-state index contributed by atoms with van der Waals surface area (Å²) < 4.78 is 21.3. The molecule has 1 aliphatic rings. The van der Waals surface area contributed by atoms with Gasteiger partial charge < -0.3 is 4.74 Å². The van der Waals surface area contributed by atoms with Crippen LogP contribution in [-0.2, 0) is 4.74 Å². The first-order chi connectivity index (χ1) is 8.68. The van der Waals surface area contributed by atoms with Crippen LogP contribution in [0.4, 0.5) is 4.39 Å². The Labute approximate surface area is 113 Å². The van der Waals surface area contributed by atoms with Gasteiger partial charge in [0.2, 0.25) is 0 Å². The van der Waals surface area contributed by atoms with Crippen LogP contribution in [0.15, 0.2) is 12.3 Å². The van der Waals surface area contributed by atoms with Crippen molar-refractivity contribution in [3.8, 4) is 0 Å². The monoisotopic (exact) mass is 288 g/mol. The van der Waals surface area contributed by atoms with Crippen molar-refractivity contribution in [3.63, 3.8) is 0 Å². The molecule has 0 amide bonds. The van der Waals surface area contributed by atoms with Gasteiger partial charge in [0.15, 0.2) is 12.0 Å². The molecule has 6 heteroatoms. The quantitative estimate of drug-likeness (QED) is 0.736. The molecule has 0 N–H and O–H groups in total. The second-order valence-electron chi connectivity index (χ2n) is 4.33. The summed E-state index contributed by atoms with van der Waals surface area (Å²) in [6.07, 6.45) is 4.32. The number of benzene rings is 1. The summed E-state index contributed by atoms with van der Waals surface area (Å²) >= 11 is 11.7. The molecule has 3 nitrogen and oxygen atoms in total. The van der Waals surface area contributed by atoms with Crippen LogP contribution in [0.1, 0.15) is 25.5 Å². The molecule has 18 heavy (non-hydrogen) atoms. The Balaban J connectivity index is 2.13. The minimum absolute atomic E-state index is 0.0618. The van der Waals surface area contributed by atoms with Gasteiger partial charge in [-0.2, -0.15) is 5.10 Å². The van der Waals surface area contributed by atoms with Crippen molar-refractivity contribution in [3.05, 3.63) is 28.1 Å². The van der Waals surface area contributed by atoms with E-state index in [-0.39, 0.29) is 16.3 Å². The molecule has 1 unspecified atom stereocenters. The Hall–Kier alpha value is -0.840. The summed E-state index contributed by atoms with van der Waals surface area (Å²) in [5.41, 5.74) is 0.619. The van der Waals surface area contributed by atoms with Gasteiger partial charge in [0.1, 0.15) is 0 Å². The van der Waals surface area contributed by atoms with Gasteiger partial charge in [0.25, 0.3) is 0 Å². The molecule has 0 saturated carbocycles. The Morgan fingerprint density at radius 2 is 2.22 bits per heavy atom. The van der Waals surface area contributed by atoms with E-state index in [1.165, 1.54) is 6.20 Å². The Morgan fingerprint density at radius 3 is 2.94 bits per heavy atom. The maximum atomic E-state index is 13.9. The summed E-state index contributed by atoms with van der Waals surface area (Å²) in [6.45, 7) is 0.704. The van der Waals surface area contributed by atoms with Crippen LogP contribution < -0.4 is 0 Å². The predicted molar refractivity (Wildman–Crippen MR) is 68.6 cm³/mol. The third-order valence-electron chi connectivity index (χ3n) is 3.16. The Kier molecular flexibility index (Phi) is 3.18. The average molecular weight is 289 g/mol. The minimum Gasteiger partial charge on any atom is -0.356 e.